The number of amides is 1. The molecule has 2 aromatic heterocycles. The largest absolute Gasteiger partial charge is 0.507 e. The molecule has 0 spiro atoms. The summed E-state index contributed by atoms with van der Waals surface area (Å²) in [5.41, 5.74) is 1.66. The second-order valence-electron chi connectivity index (χ2n) is 8.09. The summed E-state index contributed by atoms with van der Waals surface area (Å²) < 4.78 is 15.9. The van der Waals surface area contributed by atoms with E-state index in [1.54, 1.807) is 42.6 Å². The summed E-state index contributed by atoms with van der Waals surface area (Å²) in [5, 5.41) is 11.5. The fourth-order valence-corrected chi connectivity index (χ4v) is 4.57. The summed E-state index contributed by atoms with van der Waals surface area (Å²) in [5.74, 6) is -0.716. The van der Waals surface area contributed by atoms with E-state index in [1.807, 2.05) is 0 Å². The molecule has 11 heteroatoms. The number of pyridine rings is 1. The van der Waals surface area contributed by atoms with E-state index in [9.17, 15) is 14.7 Å². The molecule has 1 aliphatic heterocycles. The maximum absolute atomic E-state index is 13.4. The van der Waals surface area contributed by atoms with Crippen LogP contribution >= 0.6 is 11.6 Å². The lowest BCUT2D eigenvalue weighted by Crippen LogP contribution is -2.30. The molecule has 4 aromatic rings. The number of H-pyrrole nitrogens is 1. The van der Waals surface area contributed by atoms with Gasteiger partial charge in [0.05, 0.1) is 49.0 Å². The van der Waals surface area contributed by atoms with Crippen LogP contribution in [-0.2, 0) is 9.59 Å². The molecule has 37 heavy (non-hydrogen) atoms. The van der Waals surface area contributed by atoms with Gasteiger partial charge in [-0.05, 0) is 29.8 Å². The molecular weight excluding hydrogens is 500 g/mol. The molecule has 0 aliphatic carbocycles. The Morgan fingerprint density at radius 2 is 1.76 bits per heavy atom. The smallest absolute Gasteiger partial charge is 0.302 e. The summed E-state index contributed by atoms with van der Waals surface area (Å²) in [7, 11) is 4.48. The lowest BCUT2D eigenvalue weighted by atomic mass is 9.96. The number of imidazole rings is 1. The molecule has 0 bridgehead atoms. The van der Waals surface area contributed by atoms with Gasteiger partial charge in [0, 0.05) is 30.1 Å². The van der Waals surface area contributed by atoms with Crippen molar-refractivity contribution >= 4 is 46.0 Å². The number of aliphatic hydroxyl groups excluding tert-OH is 1. The number of benzene rings is 2. The van der Waals surface area contributed by atoms with Gasteiger partial charge < -0.3 is 24.3 Å². The van der Waals surface area contributed by atoms with E-state index in [4.69, 9.17) is 25.8 Å². The Morgan fingerprint density at radius 1 is 1.03 bits per heavy atom. The number of carbonyl (C=O) groups is 2. The normalized spacial score (nSPS) is 16.9. The first-order valence-corrected chi connectivity index (χ1v) is 11.4. The van der Waals surface area contributed by atoms with Crippen LogP contribution in [0.2, 0.25) is 5.02 Å². The van der Waals surface area contributed by atoms with Crippen molar-refractivity contribution < 1.29 is 28.9 Å². The lowest BCUT2D eigenvalue weighted by molar-refractivity contribution is -0.132. The lowest BCUT2D eigenvalue weighted by Gasteiger charge is -2.22. The highest BCUT2D eigenvalue weighted by atomic mass is 35.5. The van der Waals surface area contributed by atoms with Gasteiger partial charge in [-0.15, -0.1) is 0 Å². The first kappa shape index (κ1) is 24.1. The third-order valence-electron chi connectivity index (χ3n) is 6.07. The number of nitrogens with zero attached hydrogens (tertiary/aromatic N) is 3. The van der Waals surface area contributed by atoms with E-state index < -0.39 is 23.5 Å². The minimum absolute atomic E-state index is 0.105. The zero-order valence-corrected chi connectivity index (χ0v) is 20.7. The van der Waals surface area contributed by atoms with Gasteiger partial charge in [0.2, 0.25) is 5.95 Å². The number of nitrogens with one attached hydrogen (secondary N) is 1. The minimum Gasteiger partial charge on any atom is -0.507 e. The maximum atomic E-state index is 13.4. The van der Waals surface area contributed by atoms with E-state index in [0.29, 0.717) is 33.8 Å². The van der Waals surface area contributed by atoms with Crippen LogP contribution in [0.15, 0.2) is 60.4 Å². The fourth-order valence-electron chi connectivity index (χ4n) is 4.31. The second kappa shape index (κ2) is 9.47. The van der Waals surface area contributed by atoms with Crippen molar-refractivity contribution in [2.24, 2.45) is 0 Å². The predicted octanol–water partition coefficient (Wildman–Crippen LogP) is 4.26. The standard InChI is InChI=1S/C26H21ClN4O6/c1-35-18-7-6-13(9-15(18)27)23(32)21-22(14-5-4-8-28-12-14)31(25(34)24(21)33)26-29-16-10-19(36-2)20(37-3)11-17(16)30-26/h4-12,22,32H,1-3H3,(H,29,30)/b23-21+. The minimum atomic E-state index is -1.01. The van der Waals surface area contributed by atoms with E-state index in [0.717, 1.165) is 0 Å². The molecule has 1 fully saturated rings. The fraction of sp³-hybridized carbons (Fsp3) is 0.154. The topological polar surface area (TPSA) is 127 Å². The van der Waals surface area contributed by atoms with Crippen LogP contribution in [0.25, 0.3) is 16.8 Å². The molecule has 1 atom stereocenters. The van der Waals surface area contributed by atoms with Gasteiger partial charge in [-0.3, -0.25) is 19.5 Å². The molecular formula is C26H21ClN4O6. The summed E-state index contributed by atoms with van der Waals surface area (Å²) in [6, 6.07) is 10.3. The van der Waals surface area contributed by atoms with E-state index in [2.05, 4.69) is 15.0 Å². The Labute approximate surface area is 216 Å². The molecule has 0 radical (unpaired) electrons. The van der Waals surface area contributed by atoms with Crippen molar-refractivity contribution in [1.29, 1.82) is 0 Å². The Bertz CT molecular complexity index is 1530. The van der Waals surface area contributed by atoms with Gasteiger partial charge in [0.1, 0.15) is 11.5 Å². The number of ketones is 1. The third-order valence-corrected chi connectivity index (χ3v) is 6.37. The number of aromatic amines is 1. The van der Waals surface area contributed by atoms with Crippen LogP contribution in [0.4, 0.5) is 5.95 Å². The van der Waals surface area contributed by atoms with E-state index in [1.165, 1.54) is 38.5 Å². The third kappa shape index (κ3) is 4.01. The molecule has 2 aromatic carbocycles. The average Bonchev–Trinajstić information content (AvgIpc) is 3.45. The molecule has 188 valence electrons. The number of aliphatic hydroxyl groups is 1. The summed E-state index contributed by atoms with van der Waals surface area (Å²) in [4.78, 5) is 39.7. The van der Waals surface area contributed by atoms with Crippen molar-refractivity contribution in [3.05, 3.63) is 76.6 Å². The summed E-state index contributed by atoms with van der Waals surface area (Å²) in [6.07, 6.45) is 3.09. The average molecular weight is 521 g/mol. The van der Waals surface area contributed by atoms with Crippen LogP contribution in [0.1, 0.15) is 17.2 Å². The SMILES string of the molecule is COc1ccc(/C(O)=C2\C(=O)C(=O)N(c3nc4cc(OC)c(OC)cc4[nH]3)C2c2cccnc2)cc1Cl. The van der Waals surface area contributed by atoms with Crippen LogP contribution < -0.4 is 19.1 Å². The van der Waals surface area contributed by atoms with Crippen molar-refractivity contribution in [3.63, 3.8) is 0 Å². The number of carbonyl (C=O) groups excluding carboxylic acids is 2. The Kier molecular flexibility index (Phi) is 6.18. The van der Waals surface area contributed by atoms with Crippen LogP contribution in [0, 0.1) is 0 Å². The van der Waals surface area contributed by atoms with Gasteiger partial charge in [-0.2, -0.15) is 0 Å². The van der Waals surface area contributed by atoms with Gasteiger partial charge in [0.25, 0.3) is 5.78 Å². The number of anilines is 1. The number of aromatic nitrogens is 3. The first-order valence-electron chi connectivity index (χ1n) is 11.0. The second-order valence-corrected chi connectivity index (χ2v) is 8.50. The quantitative estimate of drug-likeness (QED) is 0.219. The van der Waals surface area contributed by atoms with Crippen molar-refractivity contribution in [3.8, 4) is 17.2 Å². The van der Waals surface area contributed by atoms with Crippen LogP contribution in [0.3, 0.4) is 0 Å². The molecule has 10 nitrogen and oxygen atoms in total. The van der Waals surface area contributed by atoms with E-state index >= 15 is 0 Å². The maximum Gasteiger partial charge on any atom is 0.302 e. The number of ether oxygens (including phenoxy) is 3. The van der Waals surface area contributed by atoms with Crippen LogP contribution in [-0.4, -0.2) is 53.1 Å². The Balaban J connectivity index is 1.70. The zero-order valence-electron chi connectivity index (χ0n) is 20.0. The van der Waals surface area contributed by atoms with Gasteiger partial charge in [0.15, 0.2) is 11.5 Å². The van der Waals surface area contributed by atoms with Crippen LogP contribution in [0.5, 0.6) is 17.2 Å². The van der Waals surface area contributed by atoms with E-state index in [-0.39, 0.29) is 22.1 Å². The Morgan fingerprint density at radius 3 is 2.41 bits per heavy atom. The molecule has 1 amide bonds. The molecule has 2 N–H and O–H groups in total. The molecule has 1 aliphatic rings. The number of hydrogen-bond acceptors (Lipinski definition) is 8. The molecule has 5 rings (SSSR count). The van der Waals surface area contributed by atoms with Gasteiger partial charge in [-0.25, -0.2) is 4.98 Å². The molecule has 0 saturated carbocycles. The first-order chi connectivity index (χ1) is 17.9. The highest BCUT2D eigenvalue weighted by Crippen LogP contribution is 2.42. The summed E-state index contributed by atoms with van der Waals surface area (Å²) >= 11 is 6.25. The van der Waals surface area contributed by atoms with Gasteiger partial charge >= 0.3 is 5.91 Å². The zero-order chi connectivity index (χ0) is 26.3. The Hall–Kier alpha value is -4.57. The monoisotopic (exact) mass is 520 g/mol. The predicted molar refractivity (Wildman–Crippen MR) is 136 cm³/mol. The summed E-state index contributed by atoms with van der Waals surface area (Å²) in [6.45, 7) is 0. The van der Waals surface area contributed by atoms with Crippen molar-refractivity contribution in [2.45, 2.75) is 6.04 Å². The highest BCUT2D eigenvalue weighted by molar-refractivity contribution is 6.51. The van der Waals surface area contributed by atoms with Crippen molar-refractivity contribution in [1.82, 2.24) is 15.0 Å². The molecule has 3 heterocycles. The number of rotatable bonds is 6. The number of hydrogen-bond donors (Lipinski definition) is 2. The number of Topliss-reactive ketones (excluding diaryl/α,β-unsaturated/α-hetero) is 1. The van der Waals surface area contributed by atoms with Gasteiger partial charge in [-0.1, -0.05) is 17.7 Å². The van der Waals surface area contributed by atoms with Crippen molar-refractivity contribution in [2.75, 3.05) is 26.2 Å². The number of methoxy groups -OCH3 is 3. The number of halogens is 1. The molecule has 1 saturated heterocycles. The molecule has 1 unspecified atom stereocenters. The number of fused-ring (bicyclic) bond motifs is 1. The highest BCUT2D eigenvalue weighted by Gasteiger charge is 2.48.